The molecule has 0 heterocycles. The summed E-state index contributed by atoms with van der Waals surface area (Å²) in [4.78, 5) is 11.3. The molecule has 0 aromatic carbocycles. The van der Waals surface area contributed by atoms with Crippen LogP contribution in [0.15, 0.2) is 0 Å². The average molecular weight is 215 g/mol. The van der Waals surface area contributed by atoms with Gasteiger partial charge in [0, 0.05) is 6.04 Å². The smallest absolute Gasteiger partial charge is 0.307 e. The van der Waals surface area contributed by atoms with Gasteiger partial charge < -0.3 is 10.5 Å². The van der Waals surface area contributed by atoms with Crippen molar-refractivity contribution in [1.82, 2.24) is 0 Å². The van der Waals surface area contributed by atoms with E-state index in [2.05, 4.69) is 27.7 Å². The highest BCUT2D eigenvalue weighted by Gasteiger charge is 2.18. The van der Waals surface area contributed by atoms with Gasteiger partial charge in [-0.05, 0) is 18.3 Å². The summed E-state index contributed by atoms with van der Waals surface area (Å²) in [7, 11) is 0. The predicted octanol–water partition coefficient (Wildman–Crippen LogP) is 2.48. The number of hydrogen-bond acceptors (Lipinski definition) is 3. The standard InChI is InChI=1S/C12H25NO2/c1-5-6-7-15-11(14)8-10(13)9-12(2,3)4/h10H,5-9,13H2,1-4H3. The molecule has 0 spiro atoms. The van der Waals surface area contributed by atoms with Crippen LogP contribution >= 0.6 is 0 Å². The Balaban J connectivity index is 3.67. The third kappa shape index (κ3) is 9.73. The highest BCUT2D eigenvalue weighted by molar-refractivity contribution is 5.70. The van der Waals surface area contributed by atoms with E-state index in [9.17, 15) is 4.79 Å². The molecule has 0 aliphatic carbocycles. The largest absolute Gasteiger partial charge is 0.466 e. The Bertz CT molecular complexity index is 185. The number of esters is 1. The van der Waals surface area contributed by atoms with Gasteiger partial charge in [0.15, 0.2) is 0 Å². The van der Waals surface area contributed by atoms with Crippen molar-refractivity contribution in [3.05, 3.63) is 0 Å². The molecule has 0 rings (SSSR count). The second kappa shape index (κ2) is 6.83. The molecule has 2 N–H and O–H groups in total. The van der Waals surface area contributed by atoms with Gasteiger partial charge in [-0.15, -0.1) is 0 Å². The summed E-state index contributed by atoms with van der Waals surface area (Å²) in [6, 6.07) is -0.0841. The Hall–Kier alpha value is -0.570. The van der Waals surface area contributed by atoms with E-state index in [4.69, 9.17) is 10.5 Å². The molecule has 1 unspecified atom stereocenters. The number of ether oxygens (including phenoxy) is 1. The third-order valence-corrected chi connectivity index (χ3v) is 2.06. The molecule has 90 valence electrons. The number of unbranched alkanes of at least 4 members (excludes halogenated alkanes) is 1. The summed E-state index contributed by atoms with van der Waals surface area (Å²) in [6.07, 6.45) is 3.15. The fourth-order valence-electron chi connectivity index (χ4n) is 1.46. The Labute approximate surface area is 93.4 Å². The summed E-state index contributed by atoms with van der Waals surface area (Å²) >= 11 is 0. The van der Waals surface area contributed by atoms with Gasteiger partial charge >= 0.3 is 5.97 Å². The maximum absolute atomic E-state index is 11.3. The predicted molar refractivity (Wildman–Crippen MR) is 62.5 cm³/mol. The van der Waals surface area contributed by atoms with Crippen molar-refractivity contribution in [3.63, 3.8) is 0 Å². The normalized spacial score (nSPS) is 13.7. The molecule has 0 amide bonds. The van der Waals surface area contributed by atoms with E-state index >= 15 is 0 Å². The summed E-state index contributed by atoms with van der Waals surface area (Å²) in [5, 5.41) is 0. The van der Waals surface area contributed by atoms with E-state index in [-0.39, 0.29) is 17.4 Å². The van der Waals surface area contributed by atoms with Crippen LogP contribution in [0.25, 0.3) is 0 Å². The first-order valence-corrected chi connectivity index (χ1v) is 5.76. The molecule has 3 nitrogen and oxygen atoms in total. The number of carbonyl (C=O) groups excluding carboxylic acids is 1. The van der Waals surface area contributed by atoms with E-state index in [1.807, 2.05) is 0 Å². The molecule has 0 radical (unpaired) electrons. The van der Waals surface area contributed by atoms with Crippen LogP contribution in [-0.4, -0.2) is 18.6 Å². The Kier molecular flexibility index (Phi) is 6.57. The molecule has 0 saturated heterocycles. The van der Waals surface area contributed by atoms with Crippen molar-refractivity contribution >= 4 is 5.97 Å². The van der Waals surface area contributed by atoms with Gasteiger partial charge in [0.05, 0.1) is 13.0 Å². The monoisotopic (exact) mass is 215 g/mol. The lowest BCUT2D eigenvalue weighted by Crippen LogP contribution is -2.29. The van der Waals surface area contributed by atoms with Crippen LogP contribution in [-0.2, 0) is 9.53 Å². The van der Waals surface area contributed by atoms with Gasteiger partial charge in [0.1, 0.15) is 0 Å². The maximum Gasteiger partial charge on any atom is 0.307 e. The van der Waals surface area contributed by atoms with E-state index in [1.54, 1.807) is 0 Å². The van der Waals surface area contributed by atoms with Crippen LogP contribution < -0.4 is 5.73 Å². The Morgan fingerprint density at radius 1 is 1.40 bits per heavy atom. The lowest BCUT2D eigenvalue weighted by atomic mass is 9.87. The Morgan fingerprint density at radius 3 is 2.47 bits per heavy atom. The second-order valence-electron chi connectivity index (χ2n) is 5.30. The average Bonchev–Trinajstić information content (AvgIpc) is 2.00. The molecule has 0 aliphatic heterocycles. The minimum atomic E-state index is -0.166. The lowest BCUT2D eigenvalue weighted by Gasteiger charge is -2.22. The summed E-state index contributed by atoms with van der Waals surface area (Å²) < 4.78 is 5.05. The molecule has 0 saturated carbocycles. The number of nitrogens with two attached hydrogens (primary N) is 1. The molecular weight excluding hydrogens is 190 g/mol. The van der Waals surface area contributed by atoms with Crippen molar-refractivity contribution in [2.75, 3.05) is 6.61 Å². The van der Waals surface area contributed by atoms with Crippen LogP contribution in [0.2, 0.25) is 0 Å². The maximum atomic E-state index is 11.3. The lowest BCUT2D eigenvalue weighted by molar-refractivity contribution is -0.144. The van der Waals surface area contributed by atoms with Crippen molar-refractivity contribution in [3.8, 4) is 0 Å². The summed E-state index contributed by atoms with van der Waals surface area (Å²) in [5.74, 6) is -0.166. The third-order valence-electron chi connectivity index (χ3n) is 2.06. The zero-order valence-corrected chi connectivity index (χ0v) is 10.5. The van der Waals surface area contributed by atoms with Crippen molar-refractivity contribution in [2.45, 2.75) is 59.4 Å². The van der Waals surface area contributed by atoms with Gasteiger partial charge in [-0.1, -0.05) is 34.1 Å². The van der Waals surface area contributed by atoms with Crippen molar-refractivity contribution < 1.29 is 9.53 Å². The first-order valence-electron chi connectivity index (χ1n) is 5.76. The van der Waals surface area contributed by atoms with E-state index in [0.717, 1.165) is 19.3 Å². The fourth-order valence-corrected chi connectivity index (χ4v) is 1.46. The molecular formula is C12H25NO2. The first kappa shape index (κ1) is 14.4. The fraction of sp³-hybridized carbons (Fsp3) is 0.917. The summed E-state index contributed by atoms with van der Waals surface area (Å²) in [6.45, 7) is 8.95. The summed E-state index contributed by atoms with van der Waals surface area (Å²) in [5.41, 5.74) is 6.03. The molecule has 1 atom stereocenters. The van der Waals surface area contributed by atoms with Gasteiger partial charge in [-0.2, -0.15) is 0 Å². The zero-order valence-electron chi connectivity index (χ0n) is 10.5. The molecule has 15 heavy (non-hydrogen) atoms. The molecule has 0 fully saturated rings. The van der Waals surface area contributed by atoms with Crippen molar-refractivity contribution in [1.29, 1.82) is 0 Å². The topological polar surface area (TPSA) is 52.3 Å². The number of rotatable bonds is 6. The number of carbonyl (C=O) groups is 1. The first-order chi connectivity index (χ1) is 6.85. The van der Waals surface area contributed by atoms with Crippen LogP contribution in [0.4, 0.5) is 0 Å². The van der Waals surface area contributed by atoms with Crippen LogP contribution in [0, 0.1) is 5.41 Å². The van der Waals surface area contributed by atoms with E-state index < -0.39 is 0 Å². The van der Waals surface area contributed by atoms with Crippen LogP contribution in [0.5, 0.6) is 0 Å². The van der Waals surface area contributed by atoms with Gasteiger partial charge in [-0.25, -0.2) is 0 Å². The Morgan fingerprint density at radius 2 is 2.00 bits per heavy atom. The van der Waals surface area contributed by atoms with Crippen LogP contribution in [0.3, 0.4) is 0 Å². The van der Waals surface area contributed by atoms with E-state index in [0.29, 0.717) is 13.0 Å². The van der Waals surface area contributed by atoms with Gasteiger partial charge in [0.2, 0.25) is 0 Å². The van der Waals surface area contributed by atoms with E-state index in [1.165, 1.54) is 0 Å². The molecule has 0 aromatic rings. The molecule has 3 heteroatoms. The quantitative estimate of drug-likeness (QED) is 0.547. The van der Waals surface area contributed by atoms with Crippen molar-refractivity contribution in [2.24, 2.45) is 11.1 Å². The van der Waals surface area contributed by atoms with Gasteiger partial charge in [-0.3, -0.25) is 4.79 Å². The van der Waals surface area contributed by atoms with Crippen LogP contribution in [0.1, 0.15) is 53.4 Å². The molecule has 0 bridgehead atoms. The molecule has 0 aromatic heterocycles. The second-order valence-corrected chi connectivity index (χ2v) is 5.30. The minimum absolute atomic E-state index is 0.0841. The SMILES string of the molecule is CCCCOC(=O)CC(N)CC(C)(C)C. The zero-order chi connectivity index (χ0) is 11.9. The number of hydrogen-bond donors (Lipinski definition) is 1. The van der Waals surface area contributed by atoms with Gasteiger partial charge in [0.25, 0.3) is 0 Å². The minimum Gasteiger partial charge on any atom is -0.466 e. The molecule has 0 aliphatic rings. The highest BCUT2D eigenvalue weighted by Crippen LogP contribution is 2.21. The highest BCUT2D eigenvalue weighted by atomic mass is 16.5.